The molecule has 1 heterocycles. The summed E-state index contributed by atoms with van der Waals surface area (Å²) in [7, 11) is 0. The summed E-state index contributed by atoms with van der Waals surface area (Å²) >= 11 is 0. The number of rotatable bonds is 11. The minimum atomic E-state index is -0.785. The van der Waals surface area contributed by atoms with Crippen LogP contribution in [0.15, 0.2) is 0 Å². The smallest absolute Gasteiger partial charge is 0.160 e. The van der Waals surface area contributed by atoms with Gasteiger partial charge in [-0.15, -0.1) is 0 Å². The summed E-state index contributed by atoms with van der Waals surface area (Å²) in [6.07, 6.45) is 4.96. The van der Waals surface area contributed by atoms with E-state index in [0.29, 0.717) is 19.6 Å². The van der Waals surface area contributed by atoms with Crippen LogP contribution in [0.2, 0.25) is 0 Å². The first-order chi connectivity index (χ1) is 10.2. The van der Waals surface area contributed by atoms with Gasteiger partial charge in [0, 0.05) is 19.6 Å². The standard InChI is InChI=1S/C16H32O5/c1-3-5-7-9-19-13-11-15(20-10-8-6-4-2)21-14(12-17)16(13)18/h13-18H,3-12H2,1-2H3/t13-,14-,15?,16+/m1/s1. The summed E-state index contributed by atoms with van der Waals surface area (Å²) in [5, 5.41) is 19.5. The van der Waals surface area contributed by atoms with Crippen LogP contribution in [0.1, 0.15) is 58.8 Å². The first-order valence-corrected chi connectivity index (χ1v) is 8.40. The van der Waals surface area contributed by atoms with Crippen LogP contribution in [0.3, 0.4) is 0 Å². The summed E-state index contributed by atoms with van der Waals surface area (Å²) in [6.45, 7) is 5.36. The van der Waals surface area contributed by atoms with Crippen LogP contribution in [-0.2, 0) is 14.2 Å². The van der Waals surface area contributed by atoms with Gasteiger partial charge < -0.3 is 24.4 Å². The van der Waals surface area contributed by atoms with E-state index in [1.54, 1.807) is 0 Å². The number of ether oxygens (including phenoxy) is 3. The predicted molar refractivity (Wildman–Crippen MR) is 81.1 cm³/mol. The summed E-state index contributed by atoms with van der Waals surface area (Å²) in [6, 6.07) is 0. The molecule has 1 unspecified atom stereocenters. The van der Waals surface area contributed by atoms with Crippen molar-refractivity contribution in [1.29, 1.82) is 0 Å². The number of hydrogen-bond acceptors (Lipinski definition) is 5. The van der Waals surface area contributed by atoms with Crippen molar-refractivity contribution in [2.24, 2.45) is 0 Å². The lowest BCUT2D eigenvalue weighted by atomic mass is 10.0. The quantitative estimate of drug-likeness (QED) is 0.573. The SMILES string of the molecule is CCCCCOC1C[C@@H](OCCCCC)[C@H](O)[C@@H](CO)O1. The van der Waals surface area contributed by atoms with E-state index < -0.39 is 18.5 Å². The summed E-state index contributed by atoms with van der Waals surface area (Å²) < 4.78 is 17.0. The van der Waals surface area contributed by atoms with Gasteiger partial charge in [0.05, 0.1) is 12.7 Å². The maximum Gasteiger partial charge on any atom is 0.160 e. The molecule has 0 saturated carbocycles. The maximum absolute atomic E-state index is 10.1. The molecule has 1 rings (SSSR count). The molecular formula is C16H32O5. The second kappa shape index (κ2) is 11.4. The Bertz CT molecular complexity index is 249. The van der Waals surface area contributed by atoms with Gasteiger partial charge in [0.1, 0.15) is 12.2 Å². The fraction of sp³-hybridized carbons (Fsp3) is 1.00. The highest BCUT2D eigenvalue weighted by molar-refractivity contribution is 4.83. The Morgan fingerprint density at radius 2 is 1.62 bits per heavy atom. The van der Waals surface area contributed by atoms with Gasteiger partial charge in [-0.25, -0.2) is 0 Å². The zero-order chi connectivity index (χ0) is 15.5. The molecule has 0 aromatic rings. The molecular weight excluding hydrogens is 272 g/mol. The highest BCUT2D eigenvalue weighted by Gasteiger charge is 2.38. The molecule has 1 saturated heterocycles. The molecule has 4 atom stereocenters. The maximum atomic E-state index is 10.1. The average molecular weight is 304 g/mol. The molecule has 1 aliphatic rings. The van der Waals surface area contributed by atoms with E-state index >= 15 is 0 Å². The van der Waals surface area contributed by atoms with Crippen molar-refractivity contribution in [2.45, 2.75) is 83.4 Å². The van der Waals surface area contributed by atoms with Crippen molar-refractivity contribution in [2.75, 3.05) is 19.8 Å². The van der Waals surface area contributed by atoms with Crippen LogP contribution in [0.25, 0.3) is 0 Å². The molecule has 1 fully saturated rings. The summed E-state index contributed by atoms with van der Waals surface area (Å²) in [5.41, 5.74) is 0. The molecule has 0 amide bonds. The third kappa shape index (κ3) is 7.06. The van der Waals surface area contributed by atoms with Crippen LogP contribution in [0.5, 0.6) is 0 Å². The monoisotopic (exact) mass is 304 g/mol. The molecule has 0 aromatic carbocycles. The lowest BCUT2D eigenvalue weighted by Gasteiger charge is -2.38. The molecule has 0 radical (unpaired) electrons. The number of aliphatic hydroxyl groups is 2. The topological polar surface area (TPSA) is 68.2 Å². The Labute approximate surface area is 128 Å². The fourth-order valence-electron chi connectivity index (χ4n) is 2.48. The molecule has 5 heteroatoms. The number of hydrogen-bond donors (Lipinski definition) is 2. The van der Waals surface area contributed by atoms with Gasteiger partial charge in [-0.2, -0.15) is 0 Å². The van der Waals surface area contributed by atoms with E-state index in [1.807, 2.05) is 0 Å². The summed E-state index contributed by atoms with van der Waals surface area (Å²) in [5.74, 6) is 0. The predicted octanol–water partition coefficient (Wildman–Crippen LogP) is 2.24. The Morgan fingerprint density at radius 3 is 2.19 bits per heavy atom. The van der Waals surface area contributed by atoms with Crippen molar-refractivity contribution in [1.82, 2.24) is 0 Å². The van der Waals surface area contributed by atoms with E-state index in [0.717, 1.165) is 38.5 Å². The van der Waals surface area contributed by atoms with Crippen LogP contribution in [0, 0.1) is 0 Å². The lowest BCUT2D eigenvalue weighted by Crippen LogP contribution is -2.51. The third-order valence-electron chi connectivity index (χ3n) is 3.82. The first-order valence-electron chi connectivity index (χ1n) is 8.40. The molecule has 2 N–H and O–H groups in total. The Kier molecular flexibility index (Phi) is 10.2. The Hall–Kier alpha value is -0.200. The van der Waals surface area contributed by atoms with Crippen LogP contribution >= 0.6 is 0 Å². The Morgan fingerprint density at radius 1 is 1.00 bits per heavy atom. The number of unbranched alkanes of at least 4 members (excludes halogenated alkanes) is 4. The van der Waals surface area contributed by atoms with Gasteiger partial charge in [0.2, 0.25) is 0 Å². The van der Waals surface area contributed by atoms with Gasteiger partial charge in [0.25, 0.3) is 0 Å². The van der Waals surface area contributed by atoms with E-state index in [2.05, 4.69) is 13.8 Å². The lowest BCUT2D eigenvalue weighted by molar-refractivity contribution is -0.264. The van der Waals surface area contributed by atoms with Crippen LogP contribution < -0.4 is 0 Å². The van der Waals surface area contributed by atoms with Crippen molar-refractivity contribution < 1.29 is 24.4 Å². The van der Waals surface area contributed by atoms with E-state index in [9.17, 15) is 10.2 Å². The zero-order valence-electron chi connectivity index (χ0n) is 13.5. The molecule has 1 aliphatic heterocycles. The molecule has 0 bridgehead atoms. The first kappa shape index (κ1) is 18.8. The highest BCUT2D eigenvalue weighted by Crippen LogP contribution is 2.24. The van der Waals surface area contributed by atoms with Gasteiger partial charge in [0.15, 0.2) is 6.29 Å². The number of aliphatic hydroxyl groups excluding tert-OH is 2. The van der Waals surface area contributed by atoms with Crippen molar-refractivity contribution in [3.8, 4) is 0 Å². The van der Waals surface area contributed by atoms with Gasteiger partial charge in [-0.3, -0.25) is 0 Å². The average Bonchev–Trinajstić information content (AvgIpc) is 2.50. The van der Waals surface area contributed by atoms with Crippen LogP contribution in [-0.4, -0.2) is 54.6 Å². The largest absolute Gasteiger partial charge is 0.394 e. The molecule has 0 spiro atoms. The van der Waals surface area contributed by atoms with Crippen molar-refractivity contribution in [3.63, 3.8) is 0 Å². The van der Waals surface area contributed by atoms with E-state index in [4.69, 9.17) is 14.2 Å². The molecule has 0 aromatic heterocycles. The van der Waals surface area contributed by atoms with Crippen molar-refractivity contribution >= 4 is 0 Å². The van der Waals surface area contributed by atoms with Gasteiger partial charge in [-0.1, -0.05) is 39.5 Å². The molecule has 126 valence electrons. The second-order valence-corrected chi connectivity index (χ2v) is 5.71. The molecule has 0 aliphatic carbocycles. The van der Waals surface area contributed by atoms with Crippen molar-refractivity contribution in [3.05, 3.63) is 0 Å². The normalized spacial score (nSPS) is 29.7. The van der Waals surface area contributed by atoms with Gasteiger partial charge in [-0.05, 0) is 12.8 Å². The minimum Gasteiger partial charge on any atom is -0.394 e. The molecule has 21 heavy (non-hydrogen) atoms. The van der Waals surface area contributed by atoms with E-state index in [-0.39, 0.29) is 12.7 Å². The minimum absolute atomic E-state index is 0.217. The fourth-order valence-corrected chi connectivity index (χ4v) is 2.48. The second-order valence-electron chi connectivity index (χ2n) is 5.71. The Balaban J connectivity index is 2.36. The summed E-state index contributed by atoms with van der Waals surface area (Å²) in [4.78, 5) is 0. The van der Waals surface area contributed by atoms with Gasteiger partial charge >= 0.3 is 0 Å². The third-order valence-corrected chi connectivity index (χ3v) is 3.82. The highest BCUT2D eigenvalue weighted by atomic mass is 16.7. The van der Waals surface area contributed by atoms with Crippen LogP contribution in [0.4, 0.5) is 0 Å². The van der Waals surface area contributed by atoms with E-state index in [1.165, 1.54) is 0 Å². The molecule has 5 nitrogen and oxygen atoms in total. The zero-order valence-corrected chi connectivity index (χ0v) is 13.5.